The Balaban J connectivity index is 2.87. The van der Waals surface area contributed by atoms with Gasteiger partial charge in [0.25, 0.3) is 0 Å². The van der Waals surface area contributed by atoms with Gasteiger partial charge in [-0.3, -0.25) is 0 Å². The molecule has 1 aromatic heterocycles. The van der Waals surface area contributed by atoms with E-state index in [0.29, 0.717) is 5.52 Å². The van der Waals surface area contributed by atoms with Gasteiger partial charge in [-0.25, -0.2) is 21.8 Å². The molecule has 2 aromatic rings. The fraction of sp³-hybridized carbons (Fsp3) is 0.125. The number of nitrogens with zero attached hydrogens (tertiary/aromatic N) is 2. The van der Waals surface area contributed by atoms with Gasteiger partial charge in [-0.15, -0.1) is 0 Å². The Hall–Kier alpha value is -1.43. The average molecular weight is 214 g/mol. The number of hydrogen-bond acceptors (Lipinski definition) is 3. The highest BCUT2D eigenvalue weighted by molar-refractivity contribution is 7.89. The molecule has 0 radical (unpaired) electrons. The van der Waals surface area contributed by atoms with E-state index in [1.165, 1.54) is 18.5 Å². The first-order valence-corrected chi connectivity index (χ1v) is 5.66. The van der Waals surface area contributed by atoms with Gasteiger partial charge in [0.15, 0.2) is 0 Å². The average Bonchev–Trinajstić information content (AvgIpc) is 2.45. The molecule has 14 heavy (non-hydrogen) atoms. The summed E-state index contributed by atoms with van der Waals surface area (Å²) in [5, 5.41) is 0. The zero-order valence-corrected chi connectivity index (χ0v) is 8.12. The summed E-state index contributed by atoms with van der Waals surface area (Å²) in [6, 6.07) is 3.82. The molecule has 0 aliphatic carbocycles. The van der Waals surface area contributed by atoms with Crippen LogP contribution in [0.15, 0.2) is 24.5 Å². The second-order valence-electron chi connectivity index (χ2n) is 2.94. The standard InChI is InChI=1S/C8H7FN2O2S/c1-14(12,13)11-5-10-7-3-2-6(9)4-8(7)11/h2-5H,1H3. The van der Waals surface area contributed by atoms with Crippen LogP contribution in [0.5, 0.6) is 0 Å². The number of halogens is 1. The van der Waals surface area contributed by atoms with Crippen molar-refractivity contribution in [3.8, 4) is 0 Å². The van der Waals surface area contributed by atoms with E-state index in [9.17, 15) is 12.8 Å². The Morgan fingerprint density at radius 3 is 2.79 bits per heavy atom. The second kappa shape index (κ2) is 2.78. The first-order valence-electron chi connectivity index (χ1n) is 3.81. The summed E-state index contributed by atoms with van der Waals surface area (Å²) in [7, 11) is -3.42. The molecule has 0 aliphatic rings. The van der Waals surface area contributed by atoms with Crippen molar-refractivity contribution >= 4 is 21.1 Å². The summed E-state index contributed by atoms with van der Waals surface area (Å²) < 4.78 is 36.2. The Kier molecular flexibility index (Phi) is 1.81. The number of fused-ring (bicyclic) bond motifs is 1. The van der Waals surface area contributed by atoms with Gasteiger partial charge in [0.2, 0.25) is 10.0 Å². The third-order valence-electron chi connectivity index (χ3n) is 1.83. The van der Waals surface area contributed by atoms with Crippen LogP contribution in [-0.4, -0.2) is 23.6 Å². The van der Waals surface area contributed by atoms with Gasteiger partial charge in [-0.05, 0) is 12.1 Å². The molecule has 0 spiro atoms. The summed E-state index contributed by atoms with van der Waals surface area (Å²) in [4.78, 5) is 3.84. The molecule has 4 nitrogen and oxygen atoms in total. The van der Waals surface area contributed by atoms with Crippen molar-refractivity contribution in [3.05, 3.63) is 30.3 Å². The summed E-state index contributed by atoms with van der Waals surface area (Å²) in [5.74, 6) is -0.483. The molecule has 74 valence electrons. The van der Waals surface area contributed by atoms with Crippen molar-refractivity contribution in [2.24, 2.45) is 0 Å². The first-order chi connectivity index (χ1) is 6.48. The highest BCUT2D eigenvalue weighted by Gasteiger charge is 2.10. The van der Waals surface area contributed by atoms with Gasteiger partial charge in [0, 0.05) is 6.07 Å². The SMILES string of the molecule is CS(=O)(=O)n1cnc2ccc(F)cc21. The van der Waals surface area contributed by atoms with E-state index in [1.54, 1.807) is 0 Å². The highest BCUT2D eigenvalue weighted by atomic mass is 32.2. The number of hydrogen-bond donors (Lipinski definition) is 0. The Bertz CT molecular complexity index is 588. The number of aromatic nitrogens is 2. The lowest BCUT2D eigenvalue weighted by Crippen LogP contribution is -2.08. The zero-order valence-electron chi connectivity index (χ0n) is 7.31. The van der Waals surface area contributed by atoms with Crippen molar-refractivity contribution in [1.29, 1.82) is 0 Å². The van der Waals surface area contributed by atoms with Crippen LogP contribution in [0.25, 0.3) is 11.0 Å². The molecule has 1 aromatic carbocycles. The smallest absolute Gasteiger partial charge is 0.236 e. The summed E-state index contributed by atoms with van der Waals surface area (Å²) in [5.41, 5.74) is 0.712. The van der Waals surface area contributed by atoms with E-state index in [2.05, 4.69) is 4.98 Å². The molecule has 0 unspecified atom stereocenters. The number of rotatable bonds is 1. The van der Waals surface area contributed by atoms with E-state index in [1.807, 2.05) is 0 Å². The van der Waals surface area contributed by atoms with Crippen LogP contribution in [0.1, 0.15) is 0 Å². The maximum absolute atomic E-state index is 12.8. The predicted octanol–water partition coefficient (Wildman–Crippen LogP) is 0.983. The zero-order chi connectivity index (χ0) is 10.3. The largest absolute Gasteiger partial charge is 0.237 e. The monoisotopic (exact) mass is 214 g/mol. The highest BCUT2D eigenvalue weighted by Crippen LogP contribution is 2.15. The topological polar surface area (TPSA) is 52.0 Å². The van der Waals surface area contributed by atoms with E-state index >= 15 is 0 Å². The van der Waals surface area contributed by atoms with Crippen LogP contribution in [0.2, 0.25) is 0 Å². The lowest BCUT2D eigenvalue weighted by molar-refractivity contribution is 0.594. The minimum Gasteiger partial charge on any atom is -0.236 e. The third-order valence-corrected chi connectivity index (χ3v) is 2.84. The summed E-state index contributed by atoms with van der Waals surface area (Å²) in [6.45, 7) is 0. The van der Waals surface area contributed by atoms with Gasteiger partial charge < -0.3 is 0 Å². The Morgan fingerprint density at radius 2 is 2.14 bits per heavy atom. The molecule has 0 saturated carbocycles. The van der Waals surface area contributed by atoms with Crippen LogP contribution < -0.4 is 0 Å². The van der Waals surface area contributed by atoms with E-state index in [4.69, 9.17) is 0 Å². The molecule has 0 fully saturated rings. The van der Waals surface area contributed by atoms with Crippen LogP contribution in [0, 0.1) is 5.82 Å². The second-order valence-corrected chi connectivity index (χ2v) is 4.80. The van der Waals surface area contributed by atoms with Crippen molar-refractivity contribution in [2.45, 2.75) is 0 Å². The van der Waals surface area contributed by atoms with Crippen molar-refractivity contribution < 1.29 is 12.8 Å². The summed E-state index contributed by atoms with van der Waals surface area (Å²) >= 11 is 0. The van der Waals surface area contributed by atoms with Gasteiger partial charge in [0.05, 0.1) is 17.3 Å². The van der Waals surface area contributed by atoms with Crippen LogP contribution in [0.4, 0.5) is 4.39 Å². The molecular weight excluding hydrogens is 207 g/mol. The molecule has 0 bridgehead atoms. The van der Waals surface area contributed by atoms with Gasteiger partial charge >= 0.3 is 0 Å². The van der Waals surface area contributed by atoms with Crippen LogP contribution in [-0.2, 0) is 10.0 Å². The third kappa shape index (κ3) is 1.37. The Morgan fingerprint density at radius 1 is 1.43 bits per heavy atom. The van der Waals surface area contributed by atoms with E-state index < -0.39 is 15.8 Å². The summed E-state index contributed by atoms with van der Waals surface area (Å²) in [6.07, 6.45) is 2.21. The fourth-order valence-corrected chi connectivity index (χ4v) is 1.95. The van der Waals surface area contributed by atoms with Crippen LogP contribution >= 0.6 is 0 Å². The maximum Gasteiger partial charge on any atom is 0.237 e. The number of imidazole rings is 1. The molecule has 2 rings (SSSR count). The lowest BCUT2D eigenvalue weighted by Gasteiger charge is -1.99. The normalized spacial score (nSPS) is 12.1. The lowest BCUT2D eigenvalue weighted by atomic mass is 10.3. The molecular formula is C8H7FN2O2S. The van der Waals surface area contributed by atoms with Crippen molar-refractivity contribution in [3.63, 3.8) is 0 Å². The Labute approximate surface area is 80.0 Å². The molecule has 0 N–H and O–H groups in total. The van der Waals surface area contributed by atoms with Gasteiger partial charge in [-0.1, -0.05) is 0 Å². The van der Waals surface area contributed by atoms with E-state index in [-0.39, 0.29) is 5.52 Å². The molecule has 0 aliphatic heterocycles. The van der Waals surface area contributed by atoms with E-state index in [0.717, 1.165) is 16.3 Å². The van der Waals surface area contributed by atoms with Crippen molar-refractivity contribution in [1.82, 2.24) is 8.96 Å². The molecule has 6 heteroatoms. The minimum atomic E-state index is -3.42. The first kappa shape index (κ1) is 9.14. The maximum atomic E-state index is 12.8. The molecule has 1 heterocycles. The molecule has 0 amide bonds. The molecule has 0 saturated heterocycles. The fourth-order valence-electron chi connectivity index (χ4n) is 1.22. The van der Waals surface area contributed by atoms with Crippen LogP contribution in [0.3, 0.4) is 0 Å². The van der Waals surface area contributed by atoms with Gasteiger partial charge in [-0.2, -0.15) is 0 Å². The predicted molar refractivity (Wildman–Crippen MR) is 49.9 cm³/mol. The minimum absolute atomic E-state index is 0.257. The molecule has 0 atom stereocenters. The van der Waals surface area contributed by atoms with Gasteiger partial charge in [0.1, 0.15) is 12.1 Å². The quantitative estimate of drug-likeness (QED) is 0.711. The number of benzene rings is 1. The van der Waals surface area contributed by atoms with Crippen molar-refractivity contribution in [2.75, 3.05) is 6.26 Å².